The van der Waals surface area contributed by atoms with Crippen LogP contribution in [0.5, 0.6) is 0 Å². The van der Waals surface area contributed by atoms with E-state index in [1.807, 2.05) is 37.3 Å². The molecule has 1 heterocycles. The van der Waals surface area contributed by atoms with Gasteiger partial charge in [0.2, 0.25) is 0 Å². The number of aryl methyl sites for hydroxylation is 2. The van der Waals surface area contributed by atoms with E-state index in [2.05, 4.69) is 32.4 Å². The van der Waals surface area contributed by atoms with Crippen LogP contribution >= 0.6 is 34.8 Å². The fourth-order valence-corrected chi connectivity index (χ4v) is 3.89. The molecule has 0 fully saturated rings. The normalized spacial score (nSPS) is 11.6. The first-order valence-corrected chi connectivity index (χ1v) is 10.7. The number of aliphatic imine (C=N–C) groups is 1. The SMILES string of the molecule is CCn1c(C)nc2cc(N=Cc3ccc(N(CCCl)CCCl)cc3Cl)ccc21. The number of nitrogens with zero attached hydrogens (tertiary/aromatic N) is 4. The van der Waals surface area contributed by atoms with Crippen LogP contribution in [-0.2, 0) is 6.54 Å². The van der Waals surface area contributed by atoms with E-state index in [1.165, 1.54) is 0 Å². The van der Waals surface area contributed by atoms with Crippen LogP contribution in [0, 0.1) is 6.92 Å². The van der Waals surface area contributed by atoms with Crippen LogP contribution in [0.4, 0.5) is 11.4 Å². The lowest BCUT2D eigenvalue weighted by atomic mass is 10.2. The molecule has 0 saturated carbocycles. The summed E-state index contributed by atoms with van der Waals surface area (Å²) in [4.78, 5) is 11.3. The Labute approximate surface area is 180 Å². The lowest BCUT2D eigenvalue weighted by Crippen LogP contribution is -2.27. The van der Waals surface area contributed by atoms with Gasteiger partial charge in [0.05, 0.1) is 21.7 Å². The molecule has 2 aromatic carbocycles. The van der Waals surface area contributed by atoms with Crippen LogP contribution in [0.3, 0.4) is 0 Å². The van der Waals surface area contributed by atoms with Gasteiger partial charge in [-0.05, 0) is 50.2 Å². The molecule has 3 aromatic rings. The van der Waals surface area contributed by atoms with Gasteiger partial charge >= 0.3 is 0 Å². The number of hydrogen-bond donors (Lipinski definition) is 0. The van der Waals surface area contributed by atoms with E-state index in [-0.39, 0.29) is 0 Å². The molecule has 4 nitrogen and oxygen atoms in total. The Morgan fingerprint density at radius 2 is 1.86 bits per heavy atom. The molecule has 1 aromatic heterocycles. The van der Waals surface area contributed by atoms with E-state index in [9.17, 15) is 0 Å². The van der Waals surface area contributed by atoms with Crippen LogP contribution < -0.4 is 4.90 Å². The van der Waals surface area contributed by atoms with Gasteiger partial charge in [0.25, 0.3) is 0 Å². The molecule has 0 radical (unpaired) electrons. The molecule has 28 heavy (non-hydrogen) atoms. The van der Waals surface area contributed by atoms with Crippen molar-refractivity contribution in [3.63, 3.8) is 0 Å². The Kier molecular flexibility index (Phi) is 7.22. The van der Waals surface area contributed by atoms with E-state index in [0.717, 1.165) is 53.4 Å². The zero-order chi connectivity index (χ0) is 20.1. The summed E-state index contributed by atoms with van der Waals surface area (Å²) < 4.78 is 2.19. The minimum atomic E-state index is 0.535. The van der Waals surface area contributed by atoms with Crippen LogP contribution in [0.25, 0.3) is 11.0 Å². The summed E-state index contributed by atoms with van der Waals surface area (Å²) in [5, 5.41) is 0.641. The quantitative estimate of drug-likeness (QED) is 0.317. The number of benzene rings is 2. The molecule has 0 saturated heterocycles. The average Bonchev–Trinajstić information content (AvgIpc) is 3.01. The molecule has 0 amide bonds. The van der Waals surface area contributed by atoms with E-state index in [1.54, 1.807) is 6.21 Å². The van der Waals surface area contributed by atoms with E-state index in [4.69, 9.17) is 34.8 Å². The van der Waals surface area contributed by atoms with Crippen molar-refractivity contribution in [2.45, 2.75) is 20.4 Å². The molecule has 0 atom stereocenters. The zero-order valence-corrected chi connectivity index (χ0v) is 18.3. The second kappa shape index (κ2) is 9.64. The third-order valence-corrected chi connectivity index (χ3v) is 5.32. The van der Waals surface area contributed by atoms with E-state index in [0.29, 0.717) is 16.8 Å². The van der Waals surface area contributed by atoms with Gasteiger partial charge in [0.1, 0.15) is 5.82 Å². The highest BCUT2D eigenvalue weighted by molar-refractivity contribution is 6.33. The molecule has 0 aliphatic carbocycles. The first-order chi connectivity index (χ1) is 13.6. The third-order valence-electron chi connectivity index (χ3n) is 4.65. The number of fused-ring (bicyclic) bond motifs is 1. The number of hydrogen-bond acceptors (Lipinski definition) is 3. The molecule has 0 aliphatic rings. The largest absolute Gasteiger partial charge is 0.369 e. The fraction of sp³-hybridized carbons (Fsp3) is 0.333. The highest BCUT2D eigenvalue weighted by Crippen LogP contribution is 2.25. The number of anilines is 1. The number of aromatic nitrogens is 2. The molecule has 0 bridgehead atoms. The molecule has 0 aliphatic heterocycles. The molecule has 0 unspecified atom stereocenters. The Morgan fingerprint density at radius 3 is 2.50 bits per heavy atom. The number of imidazole rings is 1. The second-order valence-electron chi connectivity index (χ2n) is 6.41. The van der Waals surface area contributed by atoms with Gasteiger partial charge in [-0.2, -0.15) is 0 Å². The Balaban J connectivity index is 1.83. The van der Waals surface area contributed by atoms with Crippen molar-refractivity contribution in [2.75, 3.05) is 29.7 Å². The Bertz CT molecular complexity index is 975. The van der Waals surface area contributed by atoms with Gasteiger partial charge < -0.3 is 9.47 Å². The van der Waals surface area contributed by atoms with Crippen molar-refractivity contribution in [1.82, 2.24) is 9.55 Å². The predicted molar refractivity (Wildman–Crippen MR) is 123 cm³/mol. The van der Waals surface area contributed by atoms with Crippen molar-refractivity contribution in [3.05, 3.63) is 52.8 Å². The Hall–Kier alpha value is -1.75. The lowest BCUT2D eigenvalue weighted by molar-refractivity contribution is 0.753. The maximum Gasteiger partial charge on any atom is 0.106 e. The lowest BCUT2D eigenvalue weighted by Gasteiger charge is -2.23. The topological polar surface area (TPSA) is 33.4 Å². The second-order valence-corrected chi connectivity index (χ2v) is 7.57. The summed E-state index contributed by atoms with van der Waals surface area (Å²) >= 11 is 18.3. The molecule has 0 spiro atoms. The number of halogens is 3. The van der Waals surface area contributed by atoms with Gasteiger partial charge in [0.15, 0.2) is 0 Å². The Morgan fingerprint density at radius 1 is 1.11 bits per heavy atom. The summed E-state index contributed by atoms with van der Waals surface area (Å²) in [6.45, 7) is 6.49. The van der Waals surface area contributed by atoms with Crippen molar-refractivity contribution in [2.24, 2.45) is 4.99 Å². The molecule has 7 heteroatoms. The molecule has 148 valence electrons. The van der Waals surface area contributed by atoms with Gasteiger partial charge in [-0.3, -0.25) is 4.99 Å². The minimum Gasteiger partial charge on any atom is -0.369 e. The number of alkyl halides is 2. The van der Waals surface area contributed by atoms with Gasteiger partial charge in [0, 0.05) is 48.9 Å². The van der Waals surface area contributed by atoms with E-state index < -0.39 is 0 Å². The average molecular weight is 438 g/mol. The van der Waals surface area contributed by atoms with Crippen LogP contribution in [0.15, 0.2) is 41.4 Å². The van der Waals surface area contributed by atoms with Gasteiger partial charge in [-0.1, -0.05) is 11.6 Å². The van der Waals surface area contributed by atoms with Crippen molar-refractivity contribution in [3.8, 4) is 0 Å². The highest BCUT2D eigenvalue weighted by atomic mass is 35.5. The van der Waals surface area contributed by atoms with Crippen LogP contribution in [0.2, 0.25) is 5.02 Å². The van der Waals surface area contributed by atoms with Crippen LogP contribution in [0.1, 0.15) is 18.3 Å². The third kappa shape index (κ3) is 4.62. The summed E-state index contributed by atoms with van der Waals surface area (Å²) in [6, 6.07) is 12.0. The number of rotatable bonds is 8. The van der Waals surface area contributed by atoms with Crippen molar-refractivity contribution >= 4 is 63.4 Å². The van der Waals surface area contributed by atoms with Gasteiger partial charge in [-0.25, -0.2) is 4.98 Å². The summed E-state index contributed by atoms with van der Waals surface area (Å²) in [7, 11) is 0. The smallest absolute Gasteiger partial charge is 0.106 e. The summed E-state index contributed by atoms with van der Waals surface area (Å²) in [5.41, 5.74) is 4.79. The van der Waals surface area contributed by atoms with Crippen molar-refractivity contribution in [1.29, 1.82) is 0 Å². The van der Waals surface area contributed by atoms with Crippen LogP contribution in [-0.4, -0.2) is 40.6 Å². The fourth-order valence-electron chi connectivity index (χ4n) is 3.25. The molecule has 3 rings (SSSR count). The first-order valence-electron chi connectivity index (χ1n) is 9.24. The molecular formula is C21H23Cl3N4. The predicted octanol–water partition coefficient (Wildman–Crippen LogP) is 6.05. The zero-order valence-electron chi connectivity index (χ0n) is 16.0. The first kappa shape index (κ1) is 21.0. The van der Waals surface area contributed by atoms with Crippen molar-refractivity contribution < 1.29 is 0 Å². The van der Waals surface area contributed by atoms with Gasteiger partial charge in [-0.15, -0.1) is 23.2 Å². The highest BCUT2D eigenvalue weighted by Gasteiger charge is 2.09. The maximum atomic E-state index is 6.48. The molecule has 0 N–H and O–H groups in total. The maximum absolute atomic E-state index is 6.48. The monoisotopic (exact) mass is 436 g/mol. The summed E-state index contributed by atoms with van der Waals surface area (Å²) in [6.07, 6.45) is 1.78. The standard InChI is InChI=1S/C21H23Cl3N4/c1-3-28-15(2)26-20-12-17(5-7-21(20)28)25-14-16-4-6-18(13-19(16)24)27(10-8-22)11-9-23/h4-7,12-14H,3,8-11H2,1-2H3. The summed E-state index contributed by atoms with van der Waals surface area (Å²) in [5.74, 6) is 2.08. The molecular weight excluding hydrogens is 415 g/mol. The van der Waals surface area contributed by atoms with E-state index >= 15 is 0 Å². The minimum absolute atomic E-state index is 0.535.